The summed E-state index contributed by atoms with van der Waals surface area (Å²) in [6.07, 6.45) is 1.50. The summed E-state index contributed by atoms with van der Waals surface area (Å²) in [6.45, 7) is 1.26. The average molecular weight is 438 g/mol. The number of para-hydroxylation sites is 2. The summed E-state index contributed by atoms with van der Waals surface area (Å²) in [6, 6.07) is 27.8. The Morgan fingerprint density at radius 3 is 2.09 bits per heavy atom. The summed E-state index contributed by atoms with van der Waals surface area (Å²) in [5.74, 6) is 1.25. The van der Waals surface area contributed by atoms with Gasteiger partial charge in [-0.25, -0.2) is 19.3 Å². The summed E-state index contributed by atoms with van der Waals surface area (Å²) >= 11 is 0. The number of aromatic amines is 1. The van der Waals surface area contributed by atoms with Gasteiger partial charge in [-0.1, -0.05) is 72.8 Å². The molecule has 33 heavy (non-hydrogen) atoms. The minimum Gasteiger partial charge on any atom is -0.495 e. The number of methoxy groups -OCH3 is 1. The van der Waals surface area contributed by atoms with Gasteiger partial charge < -0.3 is 14.6 Å². The van der Waals surface area contributed by atoms with Gasteiger partial charge in [-0.15, -0.1) is 0 Å². The second-order valence-corrected chi connectivity index (χ2v) is 7.66. The molecule has 0 aliphatic carbocycles. The lowest BCUT2D eigenvalue weighted by Gasteiger charge is -2.24. The fourth-order valence-electron chi connectivity index (χ4n) is 4.00. The molecule has 0 atom stereocenters. The van der Waals surface area contributed by atoms with Crippen LogP contribution in [-0.4, -0.2) is 26.6 Å². The van der Waals surface area contributed by atoms with Gasteiger partial charge in [0, 0.05) is 13.1 Å². The quantitative estimate of drug-likeness (QED) is 0.410. The number of anilines is 1. The van der Waals surface area contributed by atoms with Crippen molar-refractivity contribution in [2.75, 3.05) is 12.0 Å². The van der Waals surface area contributed by atoms with Gasteiger partial charge in [-0.3, -0.25) is 0 Å². The van der Waals surface area contributed by atoms with Crippen LogP contribution in [0.4, 0.5) is 5.82 Å². The summed E-state index contributed by atoms with van der Waals surface area (Å²) in [5, 5.41) is 0. The Kier molecular flexibility index (Phi) is 5.59. The van der Waals surface area contributed by atoms with Crippen LogP contribution in [0.1, 0.15) is 11.1 Å². The molecule has 7 nitrogen and oxygen atoms in total. The molecule has 0 aliphatic heterocycles. The summed E-state index contributed by atoms with van der Waals surface area (Å²) < 4.78 is 7.01. The molecule has 0 spiro atoms. The van der Waals surface area contributed by atoms with Crippen LogP contribution < -0.4 is 15.3 Å². The van der Waals surface area contributed by atoms with E-state index < -0.39 is 0 Å². The van der Waals surface area contributed by atoms with Gasteiger partial charge in [-0.05, 0) is 23.3 Å². The van der Waals surface area contributed by atoms with Gasteiger partial charge in [-0.2, -0.15) is 0 Å². The molecule has 0 radical (unpaired) electrons. The number of fused-ring (bicyclic) bond motifs is 1. The molecule has 0 bridgehead atoms. The van der Waals surface area contributed by atoms with Gasteiger partial charge in [0.2, 0.25) is 0 Å². The molecule has 2 heterocycles. The lowest BCUT2D eigenvalue weighted by molar-refractivity contribution is 0.413. The third-order valence-corrected chi connectivity index (χ3v) is 5.51. The fraction of sp³-hybridized carbons (Fsp3) is 0.115. The van der Waals surface area contributed by atoms with E-state index in [4.69, 9.17) is 4.74 Å². The van der Waals surface area contributed by atoms with Crippen LogP contribution in [0.2, 0.25) is 0 Å². The zero-order valence-electron chi connectivity index (χ0n) is 18.2. The predicted octanol–water partition coefficient (Wildman–Crippen LogP) is 4.32. The summed E-state index contributed by atoms with van der Waals surface area (Å²) in [4.78, 5) is 27.2. The molecule has 0 aliphatic rings. The van der Waals surface area contributed by atoms with Crippen molar-refractivity contribution >= 4 is 17.0 Å². The first kappa shape index (κ1) is 20.5. The number of nitrogens with zero attached hydrogens (tertiary/aromatic N) is 4. The first-order valence-electron chi connectivity index (χ1n) is 10.7. The molecule has 0 unspecified atom stereocenters. The monoisotopic (exact) mass is 437 g/mol. The number of hydrogen-bond acceptors (Lipinski definition) is 5. The highest BCUT2D eigenvalue weighted by Gasteiger charge is 2.20. The number of imidazole rings is 1. The molecule has 3 aromatic carbocycles. The Bertz CT molecular complexity index is 1390. The van der Waals surface area contributed by atoms with E-state index in [0.29, 0.717) is 41.5 Å². The molecule has 164 valence electrons. The highest BCUT2D eigenvalue weighted by atomic mass is 16.5. The number of aromatic nitrogens is 4. The number of benzene rings is 3. The van der Waals surface area contributed by atoms with Gasteiger partial charge in [0.1, 0.15) is 17.6 Å². The van der Waals surface area contributed by atoms with Crippen LogP contribution in [0, 0.1) is 0 Å². The van der Waals surface area contributed by atoms with Crippen LogP contribution in [0.3, 0.4) is 0 Å². The molecule has 0 amide bonds. The van der Waals surface area contributed by atoms with Crippen molar-refractivity contribution in [1.29, 1.82) is 0 Å². The van der Waals surface area contributed by atoms with Crippen LogP contribution in [0.5, 0.6) is 5.75 Å². The third kappa shape index (κ3) is 4.08. The molecule has 0 saturated carbocycles. The van der Waals surface area contributed by atoms with E-state index in [1.807, 2.05) is 60.7 Å². The van der Waals surface area contributed by atoms with E-state index in [9.17, 15) is 4.79 Å². The van der Waals surface area contributed by atoms with Crippen molar-refractivity contribution in [2.45, 2.75) is 13.1 Å². The van der Waals surface area contributed by atoms with Gasteiger partial charge >= 0.3 is 5.69 Å². The summed E-state index contributed by atoms with van der Waals surface area (Å²) in [7, 11) is 1.58. The van der Waals surface area contributed by atoms with Crippen molar-refractivity contribution < 1.29 is 4.74 Å². The van der Waals surface area contributed by atoms with E-state index in [-0.39, 0.29) is 5.69 Å². The Morgan fingerprint density at radius 2 is 1.45 bits per heavy atom. The van der Waals surface area contributed by atoms with Crippen molar-refractivity contribution in [3.05, 3.63) is 113 Å². The molecule has 5 aromatic rings. The molecule has 0 saturated heterocycles. The lowest BCUT2D eigenvalue weighted by Crippen LogP contribution is -2.23. The zero-order chi connectivity index (χ0) is 22.6. The van der Waals surface area contributed by atoms with Crippen molar-refractivity contribution in [2.24, 2.45) is 0 Å². The maximum Gasteiger partial charge on any atom is 0.332 e. The highest BCUT2D eigenvalue weighted by molar-refractivity contribution is 5.85. The normalized spacial score (nSPS) is 10.9. The first-order valence-corrected chi connectivity index (χ1v) is 10.7. The van der Waals surface area contributed by atoms with E-state index >= 15 is 0 Å². The van der Waals surface area contributed by atoms with Crippen LogP contribution in [0.15, 0.2) is 96.1 Å². The van der Waals surface area contributed by atoms with Gasteiger partial charge in [0.25, 0.3) is 0 Å². The lowest BCUT2D eigenvalue weighted by atomic mass is 10.1. The number of ether oxygens (including phenoxy) is 1. The number of nitrogens with one attached hydrogen (secondary N) is 1. The Balaban J connectivity index is 1.65. The molecule has 0 fully saturated rings. The fourth-order valence-corrected chi connectivity index (χ4v) is 4.00. The second kappa shape index (κ2) is 9.00. The average Bonchev–Trinajstić information content (AvgIpc) is 3.20. The second-order valence-electron chi connectivity index (χ2n) is 7.66. The van der Waals surface area contributed by atoms with Crippen LogP contribution in [0.25, 0.3) is 16.9 Å². The Morgan fingerprint density at radius 1 is 0.848 bits per heavy atom. The molecule has 2 aromatic heterocycles. The molecular formula is C26H23N5O2. The smallest absolute Gasteiger partial charge is 0.332 e. The van der Waals surface area contributed by atoms with Crippen LogP contribution in [-0.2, 0) is 13.1 Å². The number of rotatable bonds is 7. The minimum absolute atomic E-state index is 0.296. The molecular weight excluding hydrogens is 414 g/mol. The SMILES string of the molecule is COc1ccccc1-n1c(=O)[nH]c2c(N(Cc3ccccc3)Cc3ccccc3)ncnc21. The standard InChI is InChI=1S/C26H23N5O2/c1-33-22-15-9-8-14-21(22)31-25-23(29-26(31)32)24(27-18-28-25)30(16-19-10-4-2-5-11-19)17-20-12-6-3-7-13-20/h2-15,18H,16-17H2,1H3,(H,29,32). The number of H-pyrrole nitrogens is 1. The Labute approximate surface area is 190 Å². The van der Waals surface area contributed by atoms with E-state index in [1.54, 1.807) is 7.11 Å². The van der Waals surface area contributed by atoms with Crippen molar-refractivity contribution in [3.8, 4) is 11.4 Å². The zero-order valence-corrected chi connectivity index (χ0v) is 18.2. The van der Waals surface area contributed by atoms with E-state index in [2.05, 4.69) is 44.1 Å². The topological polar surface area (TPSA) is 76.0 Å². The Hall–Kier alpha value is -4.39. The summed E-state index contributed by atoms with van der Waals surface area (Å²) in [5.41, 5.74) is 3.70. The van der Waals surface area contributed by atoms with Crippen molar-refractivity contribution in [3.63, 3.8) is 0 Å². The first-order chi connectivity index (χ1) is 16.2. The van der Waals surface area contributed by atoms with Crippen LogP contribution >= 0.6 is 0 Å². The van der Waals surface area contributed by atoms with Crippen molar-refractivity contribution in [1.82, 2.24) is 19.5 Å². The largest absolute Gasteiger partial charge is 0.495 e. The van der Waals surface area contributed by atoms with Gasteiger partial charge in [0.15, 0.2) is 11.5 Å². The minimum atomic E-state index is -0.296. The number of hydrogen-bond donors (Lipinski definition) is 1. The predicted molar refractivity (Wildman–Crippen MR) is 129 cm³/mol. The maximum absolute atomic E-state index is 13.1. The maximum atomic E-state index is 13.1. The highest BCUT2D eigenvalue weighted by Crippen LogP contribution is 2.28. The van der Waals surface area contributed by atoms with Gasteiger partial charge in [0.05, 0.1) is 12.8 Å². The third-order valence-electron chi connectivity index (χ3n) is 5.51. The van der Waals surface area contributed by atoms with E-state index in [1.165, 1.54) is 10.9 Å². The van der Waals surface area contributed by atoms with E-state index in [0.717, 1.165) is 11.1 Å². The molecule has 1 N–H and O–H groups in total. The molecule has 7 heteroatoms. The molecule has 5 rings (SSSR count).